The maximum Gasteiger partial charge on any atom is 0.305 e. The number of rotatable bonds is 6. The van der Waals surface area contributed by atoms with Gasteiger partial charge in [0.15, 0.2) is 0 Å². The third-order valence-corrected chi connectivity index (χ3v) is 4.70. The molecule has 1 heterocycles. The van der Waals surface area contributed by atoms with Crippen LogP contribution in [0.25, 0.3) is 0 Å². The van der Waals surface area contributed by atoms with E-state index in [1.165, 1.54) is 12.8 Å². The second-order valence-electron chi connectivity index (χ2n) is 6.43. The summed E-state index contributed by atoms with van der Waals surface area (Å²) in [5.41, 5.74) is 1.14. The minimum atomic E-state index is -0.777. The molecule has 1 aromatic rings. The normalized spacial score (nSPS) is 23.0. The highest BCUT2D eigenvalue weighted by atomic mass is 16.5. The van der Waals surface area contributed by atoms with Crippen molar-refractivity contribution in [3.05, 3.63) is 29.8 Å². The first-order valence-corrected chi connectivity index (χ1v) is 8.50. The second kappa shape index (κ2) is 7.79. The summed E-state index contributed by atoms with van der Waals surface area (Å²) in [6.07, 6.45) is 5.20. The van der Waals surface area contributed by atoms with E-state index in [0.29, 0.717) is 25.9 Å². The van der Waals surface area contributed by atoms with Crippen LogP contribution in [-0.2, 0) is 16.1 Å². The zero-order valence-corrected chi connectivity index (χ0v) is 13.4. The molecule has 1 aliphatic heterocycles. The first-order valence-electron chi connectivity index (χ1n) is 8.50. The van der Waals surface area contributed by atoms with Gasteiger partial charge in [-0.25, -0.2) is 0 Å². The van der Waals surface area contributed by atoms with Gasteiger partial charge >= 0.3 is 5.97 Å². The van der Waals surface area contributed by atoms with E-state index in [1.54, 1.807) is 0 Å². The number of carboxylic acids is 1. The third-order valence-electron chi connectivity index (χ3n) is 4.70. The van der Waals surface area contributed by atoms with Crippen molar-refractivity contribution in [1.82, 2.24) is 4.90 Å². The van der Waals surface area contributed by atoms with E-state index >= 15 is 0 Å². The third kappa shape index (κ3) is 4.45. The molecule has 0 amide bonds. The Balaban J connectivity index is 1.69. The standard InChI is InChI=1S/C18H25NO4/c20-18(21)11-15-13-22-10-9-19(15)12-14-5-1-4-8-17(14)23-16-6-2-3-7-16/h1,4-5,8,15-16H,2-3,6-7,9-13H2,(H,20,21). The fraction of sp³-hybridized carbons (Fsp3) is 0.611. The summed E-state index contributed by atoms with van der Waals surface area (Å²) in [6.45, 7) is 2.61. The summed E-state index contributed by atoms with van der Waals surface area (Å²) >= 11 is 0. The highest BCUT2D eigenvalue weighted by molar-refractivity contribution is 5.67. The minimum absolute atomic E-state index is 0.0687. The van der Waals surface area contributed by atoms with Crippen LogP contribution in [0.5, 0.6) is 5.75 Å². The first kappa shape index (κ1) is 16.3. The molecule has 0 aromatic heterocycles. The van der Waals surface area contributed by atoms with Gasteiger partial charge in [-0.2, -0.15) is 0 Å². The summed E-state index contributed by atoms with van der Waals surface area (Å²) in [5.74, 6) is 0.168. The molecule has 5 nitrogen and oxygen atoms in total. The lowest BCUT2D eigenvalue weighted by atomic mass is 10.1. The smallest absolute Gasteiger partial charge is 0.305 e. The summed E-state index contributed by atoms with van der Waals surface area (Å²) < 4.78 is 11.6. The molecular formula is C18H25NO4. The number of ether oxygens (including phenoxy) is 2. The van der Waals surface area contributed by atoms with Gasteiger partial charge in [-0.15, -0.1) is 0 Å². The summed E-state index contributed by atoms with van der Waals surface area (Å²) in [5, 5.41) is 9.09. The molecule has 23 heavy (non-hydrogen) atoms. The summed E-state index contributed by atoms with van der Waals surface area (Å²) in [6, 6.07) is 8.06. The quantitative estimate of drug-likeness (QED) is 0.873. The number of hydrogen-bond acceptors (Lipinski definition) is 4. The number of hydrogen-bond donors (Lipinski definition) is 1. The van der Waals surface area contributed by atoms with Gasteiger partial charge in [0.25, 0.3) is 0 Å². The minimum Gasteiger partial charge on any atom is -0.490 e. The Morgan fingerprint density at radius 2 is 2.09 bits per heavy atom. The van der Waals surface area contributed by atoms with Crippen LogP contribution in [-0.4, -0.2) is 47.9 Å². The molecule has 3 rings (SSSR count). The number of benzene rings is 1. The van der Waals surface area contributed by atoms with Crippen LogP contribution >= 0.6 is 0 Å². The number of para-hydroxylation sites is 1. The predicted octanol–water partition coefficient (Wildman–Crippen LogP) is 2.68. The van der Waals surface area contributed by atoms with Crippen LogP contribution in [0.3, 0.4) is 0 Å². The van der Waals surface area contributed by atoms with Gasteiger partial charge in [-0.05, 0) is 31.7 Å². The predicted molar refractivity (Wildman–Crippen MR) is 86.6 cm³/mol. The van der Waals surface area contributed by atoms with E-state index in [2.05, 4.69) is 11.0 Å². The Hall–Kier alpha value is -1.59. The molecule has 126 valence electrons. The van der Waals surface area contributed by atoms with E-state index in [0.717, 1.165) is 30.7 Å². The number of aliphatic carboxylic acids is 1. The van der Waals surface area contributed by atoms with Crippen LogP contribution in [0.15, 0.2) is 24.3 Å². The van der Waals surface area contributed by atoms with Crippen molar-refractivity contribution in [2.24, 2.45) is 0 Å². The van der Waals surface area contributed by atoms with E-state index < -0.39 is 5.97 Å². The number of nitrogens with zero attached hydrogens (tertiary/aromatic N) is 1. The Morgan fingerprint density at radius 3 is 2.87 bits per heavy atom. The molecule has 1 saturated carbocycles. The molecule has 0 radical (unpaired) electrons. The lowest BCUT2D eigenvalue weighted by Gasteiger charge is -2.35. The van der Waals surface area contributed by atoms with Crippen molar-refractivity contribution < 1.29 is 19.4 Å². The van der Waals surface area contributed by atoms with Crippen LogP contribution in [0.4, 0.5) is 0 Å². The van der Waals surface area contributed by atoms with Gasteiger partial charge in [-0.1, -0.05) is 18.2 Å². The maximum absolute atomic E-state index is 11.1. The van der Waals surface area contributed by atoms with Crippen molar-refractivity contribution >= 4 is 5.97 Å². The van der Waals surface area contributed by atoms with Gasteiger partial charge in [0, 0.05) is 24.7 Å². The van der Waals surface area contributed by atoms with E-state index in [4.69, 9.17) is 14.6 Å². The van der Waals surface area contributed by atoms with Crippen LogP contribution < -0.4 is 4.74 Å². The maximum atomic E-state index is 11.1. The van der Waals surface area contributed by atoms with Gasteiger partial charge in [0.05, 0.1) is 25.7 Å². The zero-order chi connectivity index (χ0) is 16.1. The molecule has 1 atom stereocenters. The van der Waals surface area contributed by atoms with Crippen LogP contribution in [0.2, 0.25) is 0 Å². The van der Waals surface area contributed by atoms with Crippen molar-refractivity contribution in [2.45, 2.75) is 50.8 Å². The monoisotopic (exact) mass is 319 g/mol. The van der Waals surface area contributed by atoms with Crippen LogP contribution in [0, 0.1) is 0 Å². The molecular weight excluding hydrogens is 294 g/mol. The van der Waals surface area contributed by atoms with Crippen LogP contribution in [0.1, 0.15) is 37.7 Å². The fourth-order valence-corrected chi connectivity index (χ4v) is 3.44. The second-order valence-corrected chi connectivity index (χ2v) is 6.43. The highest BCUT2D eigenvalue weighted by Crippen LogP contribution is 2.28. The fourth-order valence-electron chi connectivity index (χ4n) is 3.44. The topological polar surface area (TPSA) is 59.0 Å². The average molecular weight is 319 g/mol. The average Bonchev–Trinajstić information content (AvgIpc) is 3.04. The number of carbonyl (C=O) groups is 1. The van der Waals surface area contributed by atoms with Crippen molar-refractivity contribution in [2.75, 3.05) is 19.8 Å². The highest BCUT2D eigenvalue weighted by Gasteiger charge is 2.26. The number of morpholine rings is 1. The zero-order valence-electron chi connectivity index (χ0n) is 13.4. The molecule has 1 aliphatic carbocycles. The molecule has 1 N–H and O–H groups in total. The molecule has 1 aromatic carbocycles. The van der Waals surface area contributed by atoms with E-state index in [9.17, 15) is 4.79 Å². The molecule has 2 fully saturated rings. The molecule has 2 aliphatic rings. The van der Waals surface area contributed by atoms with Crippen molar-refractivity contribution in [3.63, 3.8) is 0 Å². The Labute approximate surface area is 137 Å². The SMILES string of the molecule is O=C(O)CC1COCCN1Cc1ccccc1OC1CCCC1. The van der Waals surface area contributed by atoms with Gasteiger partial charge < -0.3 is 14.6 Å². The number of carboxylic acid groups (broad SMARTS) is 1. The molecule has 0 spiro atoms. The molecule has 1 saturated heterocycles. The molecule has 0 bridgehead atoms. The van der Waals surface area contributed by atoms with Crippen molar-refractivity contribution in [3.8, 4) is 5.75 Å². The summed E-state index contributed by atoms with van der Waals surface area (Å²) in [7, 11) is 0. The first-order chi connectivity index (χ1) is 11.2. The van der Waals surface area contributed by atoms with E-state index in [-0.39, 0.29) is 12.5 Å². The lowest BCUT2D eigenvalue weighted by Crippen LogP contribution is -2.45. The molecule has 5 heteroatoms. The Morgan fingerprint density at radius 1 is 1.30 bits per heavy atom. The van der Waals surface area contributed by atoms with Gasteiger partial charge in [-0.3, -0.25) is 9.69 Å². The van der Waals surface area contributed by atoms with Gasteiger partial charge in [0.1, 0.15) is 5.75 Å². The van der Waals surface area contributed by atoms with Crippen molar-refractivity contribution in [1.29, 1.82) is 0 Å². The lowest BCUT2D eigenvalue weighted by molar-refractivity contribution is -0.140. The Kier molecular flexibility index (Phi) is 5.51. The Bertz CT molecular complexity index is 528. The molecule has 1 unspecified atom stereocenters. The van der Waals surface area contributed by atoms with Gasteiger partial charge in [0.2, 0.25) is 0 Å². The largest absolute Gasteiger partial charge is 0.490 e. The van der Waals surface area contributed by atoms with E-state index in [1.807, 2.05) is 18.2 Å². The summed E-state index contributed by atoms with van der Waals surface area (Å²) in [4.78, 5) is 13.3.